The second-order valence-electron chi connectivity index (χ2n) is 6.73. The molecule has 0 spiro atoms. The minimum Gasteiger partial charge on any atom is -0.466 e. The van der Waals surface area contributed by atoms with Crippen LogP contribution in [0.1, 0.15) is 57.1 Å². The predicted molar refractivity (Wildman–Crippen MR) is 93.7 cm³/mol. The second-order valence-corrected chi connectivity index (χ2v) is 6.73. The van der Waals surface area contributed by atoms with Crippen molar-refractivity contribution in [3.8, 4) is 0 Å². The molecule has 1 fully saturated rings. The van der Waals surface area contributed by atoms with Crippen LogP contribution < -0.4 is 0 Å². The van der Waals surface area contributed by atoms with Crippen LogP contribution in [-0.2, 0) is 14.3 Å². The predicted octanol–water partition coefficient (Wildman–Crippen LogP) is 2.80. The third kappa shape index (κ3) is 5.65. The van der Waals surface area contributed by atoms with E-state index >= 15 is 0 Å². The van der Waals surface area contributed by atoms with Crippen molar-refractivity contribution in [2.75, 3.05) is 6.61 Å². The maximum atomic E-state index is 12.1. The SMILES string of the molecule is CCOC(=O)C[C@H]1C(=O)C[C@@H](O)[C@@H]1CCCCC(O)c1ccccc1. The van der Waals surface area contributed by atoms with Gasteiger partial charge >= 0.3 is 5.97 Å². The van der Waals surface area contributed by atoms with E-state index in [1.165, 1.54) is 0 Å². The fourth-order valence-electron chi connectivity index (χ4n) is 3.63. The van der Waals surface area contributed by atoms with Gasteiger partial charge in [0, 0.05) is 12.3 Å². The molecule has 5 heteroatoms. The Morgan fingerprint density at radius 2 is 2.00 bits per heavy atom. The summed E-state index contributed by atoms with van der Waals surface area (Å²) in [5.41, 5.74) is 0.902. The quantitative estimate of drug-likeness (QED) is 0.529. The molecule has 0 aromatic heterocycles. The maximum Gasteiger partial charge on any atom is 0.306 e. The third-order valence-electron chi connectivity index (χ3n) is 4.98. The topological polar surface area (TPSA) is 83.8 Å². The molecule has 1 aromatic carbocycles. The van der Waals surface area contributed by atoms with Gasteiger partial charge in [-0.2, -0.15) is 0 Å². The molecule has 0 heterocycles. The van der Waals surface area contributed by atoms with Gasteiger partial charge in [0.15, 0.2) is 0 Å². The van der Waals surface area contributed by atoms with Gasteiger partial charge in [-0.3, -0.25) is 9.59 Å². The van der Waals surface area contributed by atoms with Crippen LogP contribution in [0.5, 0.6) is 0 Å². The lowest BCUT2D eigenvalue weighted by atomic mass is 9.86. The Hall–Kier alpha value is -1.72. The van der Waals surface area contributed by atoms with Crippen molar-refractivity contribution in [1.82, 2.24) is 0 Å². The first kappa shape index (κ1) is 19.6. The van der Waals surface area contributed by atoms with E-state index in [4.69, 9.17) is 4.74 Å². The minimum atomic E-state index is -0.675. The summed E-state index contributed by atoms with van der Waals surface area (Å²) in [5, 5.41) is 20.3. The number of rotatable bonds is 9. The highest BCUT2D eigenvalue weighted by Crippen LogP contribution is 2.36. The Bertz CT molecular complexity index is 556. The molecule has 0 amide bonds. The Morgan fingerprint density at radius 3 is 2.68 bits per heavy atom. The molecule has 2 N–H and O–H groups in total. The Morgan fingerprint density at radius 1 is 1.28 bits per heavy atom. The van der Waals surface area contributed by atoms with Crippen LogP contribution >= 0.6 is 0 Å². The van der Waals surface area contributed by atoms with Gasteiger partial charge in [-0.05, 0) is 31.2 Å². The number of carbonyl (C=O) groups is 2. The molecule has 1 aromatic rings. The molecule has 0 saturated heterocycles. The molecule has 25 heavy (non-hydrogen) atoms. The minimum absolute atomic E-state index is 0.0464. The lowest BCUT2D eigenvalue weighted by Crippen LogP contribution is -2.24. The van der Waals surface area contributed by atoms with Gasteiger partial charge in [0.2, 0.25) is 0 Å². The summed E-state index contributed by atoms with van der Waals surface area (Å²) in [6.07, 6.45) is 1.94. The number of aliphatic hydroxyl groups is 2. The summed E-state index contributed by atoms with van der Waals surface area (Å²) < 4.78 is 4.94. The lowest BCUT2D eigenvalue weighted by molar-refractivity contribution is -0.146. The number of ether oxygens (including phenoxy) is 1. The van der Waals surface area contributed by atoms with Gasteiger partial charge in [0.1, 0.15) is 5.78 Å². The fraction of sp³-hybridized carbons (Fsp3) is 0.600. The molecule has 0 aliphatic heterocycles. The van der Waals surface area contributed by atoms with E-state index in [0.29, 0.717) is 19.4 Å². The van der Waals surface area contributed by atoms with Crippen LogP contribution in [0.25, 0.3) is 0 Å². The van der Waals surface area contributed by atoms with Crippen LogP contribution in [0.2, 0.25) is 0 Å². The van der Waals surface area contributed by atoms with Gasteiger partial charge in [-0.1, -0.05) is 43.2 Å². The Balaban J connectivity index is 1.79. The number of ketones is 1. The first-order valence-electron chi connectivity index (χ1n) is 9.12. The number of hydrogen-bond acceptors (Lipinski definition) is 5. The van der Waals surface area contributed by atoms with Crippen molar-refractivity contribution in [1.29, 1.82) is 0 Å². The van der Waals surface area contributed by atoms with Crippen LogP contribution in [0.15, 0.2) is 30.3 Å². The highest BCUT2D eigenvalue weighted by Gasteiger charge is 2.42. The molecule has 1 saturated carbocycles. The molecule has 138 valence electrons. The third-order valence-corrected chi connectivity index (χ3v) is 4.98. The summed E-state index contributed by atoms with van der Waals surface area (Å²) >= 11 is 0. The van der Waals surface area contributed by atoms with Gasteiger partial charge in [-0.25, -0.2) is 0 Å². The summed E-state index contributed by atoms with van der Waals surface area (Å²) in [6, 6.07) is 9.52. The number of hydrogen-bond donors (Lipinski definition) is 2. The largest absolute Gasteiger partial charge is 0.466 e. The Labute approximate surface area is 149 Å². The first-order chi connectivity index (χ1) is 12.0. The van der Waals surface area contributed by atoms with Crippen LogP contribution in [0.4, 0.5) is 0 Å². The maximum absolute atomic E-state index is 12.1. The van der Waals surface area contributed by atoms with Crippen molar-refractivity contribution in [2.24, 2.45) is 11.8 Å². The van der Waals surface area contributed by atoms with E-state index in [1.807, 2.05) is 30.3 Å². The number of Topliss-reactive ketones (excluding diaryl/α,β-unsaturated/α-hetero) is 1. The van der Waals surface area contributed by atoms with E-state index < -0.39 is 18.1 Å². The lowest BCUT2D eigenvalue weighted by Gasteiger charge is -2.20. The van der Waals surface area contributed by atoms with Gasteiger partial charge in [0.05, 0.1) is 25.2 Å². The molecule has 1 unspecified atom stereocenters. The molecule has 1 aliphatic rings. The number of aliphatic hydroxyl groups excluding tert-OH is 2. The molecular formula is C20H28O5. The average molecular weight is 348 g/mol. The zero-order chi connectivity index (χ0) is 18.2. The van der Waals surface area contributed by atoms with Crippen LogP contribution in [0.3, 0.4) is 0 Å². The summed E-state index contributed by atoms with van der Waals surface area (Å²) in [5.74, 6) is -1.05. The number of benzene rings is 1. The molecule has 5 nitrogen and oxygen atoms in total. The smallest absolute Gasteiger partial charge is 0.306 e. The standard InChI is InChI=1S/C20H28O5/c1-2-25-20(24)12-16-15(18(22)13-19(16)23)10-6-7-11-17(21)14-8-4-3-5-9-14/h3-5,8-9,15-18,21-22H,2,6-7,10-13H2,1H3/t15-,16-,17?,18-/m1/s1. The first-order valence-corrected chi connectivity index (χ1v) is 9.12. The number of esters is 1. The number of unbranched alkanes of at least 4 members (excludes halogenated alkanes) is 1. The Kier molecular flexibility index (Phi) is 7.59. The second kappa shape index (κ2) is 9.68. The molecule has 2 rings (SSSR count). The van der Waals surface area contributed by atoms with Crippen LogP contribution in [-0.4, -0.2) is 34.7 Å². The van der Waals surface area contributed by atoms with E-state index in [1.54, 1.807) is 6.92 Å². The summed E-state index contributed by atoms with van der Waals surface area (Å²) in [6.45, 7) is 2.03. The van der Waals surface area contributed by atoms with Crippen molar-refractivity contribution in [3.63, 3.8) is 0 Å². The molecule has 0 bridgehead atoms. The normalized spacial score (nSPS) is 24.3. The molecule has 0 radical (unpaired) electrons. The van der Waals surface area contributed by atoms with E-state index in [-0.39, 0.29) is 30.5 Å². The van der Waals surface area contributed by atoms with Gasteiger partial charge in [0.25, 0.3) is 0 Å². The molecule has 4 atom stereocenters. The fourth-order valence-corrected chi connectivity index (χ4v) is 3.63. The van der Waals surface area contributed by atoms with Crippen LogP contribution in [0, 0.1) is 11.8 Å². The van der Waals surface area contributed by atoms with Crippen molar-refractivity contribution >= 4 is 11.8 Å². The van der Waals surface area contributed by atoms with Gasteiger partial charge < -0.3 is 14.9 Å². The zero-order valence-corrected chi connectivity index (χ0v) is 14.8. The van der Waals surface area contributed by atoms with Gasteiger partial charge in [-0.15, -0.1) is 0 Å². The highest BCUT2D eigenvalue weighted by molar-refractivity contribution is 5.88. The van der Waals surface area contributed by atoms with Crippen molar-refractivity contribution in [2.45, 2.75) is 57.7 Å². The van der Waals surface area contributed by atoms with E-state index in [0.717, 1.165) is 18.4 Å². The molecule has 1 aliphatic carbocycles. The van der Waals surface area contributed by atoms with E-state index in [9.17, 15) is 19.8 Å². The number of carbonyl (C=O) groups excluding carboxylic acids is 2. The summed E-state index contributed by atoms with van der Waals surface area (Å²) in [4.78, 5) is 23.7. The monoisotopic (exact) mass is 348 g/mol. The molecular weight excluding hydrogens is 320 g/mol. The zero-order valence-electron chi connectivity index (χ0n) is 14.8. The van der Waals surface area contributed by atoms with E-state index in [2.05, 4.69) is 0 Å². The highest BCUT2D eigenvalue weighted by atomic mass is 16.5. The van der Waals surface area contributed by atoms with Crippen molar-refractivity contribution in [3.05, 3.63) is 35.9 Å². The summed E-state index contributed by atoms with van der Waals surface area (Å²) in [7, 11) is 0. The van der Waals surface area contributed by atoms with Crippen molar-refractivity contribution < 1.29 is 24.5 Å². The average Bonchev–Trinajstić information content (AvgIpc) is 2.86.